The number of para-hydroxylation sites is 1. The highest BCUT2D eigenvalue weighted by atomic mass is 32.2. The molecule has 1 aromatic carbocycles. The van der Waals surface area contributed by atoms with E-state index in [-0.39, 0.29) is 0 Å². The molecule has 0 radical (unpaired) electrons. The number of hydrogen-bond acceptors (Lipinski definition) is 3. The smallest absolute Gasteiger partial charge is 0.123 e. The molecule has 0 aliphatic carbocycles. The van der Waals surface area contributed by atoms with Crippen molar-refractivity contribution in [1.82, 2.24) is 5.32 Å². The fourth-order valence-corrected chi connectivity index (χ4v) is 2.35. The lowest BCUT2D eigenvalue weighted by Crippen LogP contribution is -2.23. The summed E-state index contributed by atoms with van der Waals surface area (Å²) in [4.78, 5) is 0. The minimum absolute atomic E-state index is 0.401. The maximum absolute atomic E-state index is 5.44. The fraction of sp³-hybridized carbons (Fsp3) is 0.571. The van der Waals surface area contributed by atoms with Crippen molar-refractivity contribution in [3.05, 3.63) is 29.8 Å². The maximum atomic E-state index is 5.44. The summed E-state index contributed by atoms with van der Waals surface area (Å²) in [6, 6.07) is 8.70. The molecule has 17 heavy (non-hydrogen) atoms. The van der Waals surface area contributed by atoms with Crippen molar-refractivity contribution in [2.75, 3.05) is 25.7 Å². The number of thioether (sulfide) groups is 1. The first-order valence-electron chi connectivity index (χ1n) is 6.18. The molecule has 0 spiro atoms. The molecule has 1 unspecified atom stereocenters. The first-order chi connectivity index (χ1) is 8.33. The average Bonchev–Trinajstić information content (AvgIpc) is 2.39. The van der Waals surface area contributed by atoms with Crippen LogP contribution < -0.4 is 10.1 Å². The normalized spacial score (nSPS) is 12.4. The molecule has 1 rings (SSSR count). The topological polar surface area (TPSA) is 21.3 Å². The van der Waals surface area contributed by atoms with Crippen molar-refractivity contribution < 1.29 is 4.74 Å². The van der Waals surface area contributed by atoms with Gasteiger partial charge in [-0.1, -0.05) is 25.1 Å². The summed E-state index contributed by atoms with van der Waals surface area (Å²) >= 11 is 1.89. The van der Waals surface area contributed by atoms with Crippen molar-refractivity contribution in [1.29, 1.82) is 0 Å². The number of ether oxygens (including phenoxy) is 1. The molecule has 0 aliphatic heterocycles. The van der Waals surface area contributed by atoms with E-state index in [4.69, 9.17) is 4.74 Å². The Hall–Kier alpha value is -0.670. The third-order valence-corrected chi connectivity index (χ3v) is 3.41. The van der Waals surface area contributed by atoms with Gasteiger partial charge in [-0.2, -0.15) is 11.8 Å². The summed E-state index contributed by atoms with van der Waals surface area (Å²) in [5, 5.41) is 3.60. The molecule has 96 valence electrons. The molecule has 0 saturated carbocycles. The van der Waals surface area contributed by atoms with Crippen LogP contribution in [-0.4, -0.2) is 25.7 Å². The molecule has 0 aliphatic rings. The second kappa shape index (κ2) is 8.43. The number of nitrogens with one attached hydrogen (secondary N) is 1. The lowest BCUT2D eigenvalue weighted by atomic mass is 10.0. The molecule has 2 nitrogen and oxygen atoms in total. The van der Waals surface area contributed by atoms with E-state index in [0.29, 0.717) is 6.04 Å². The first-order valence-corrected chi connectivity index (χ1v) is 7.58. The summed E-state index contributed by atoms with van der Waals surface area (Å²) < 4.78 is 5.44. The maximum Gasteiger partial charge on any atom is 0.123 e. The molecule has 3 heteroatoms. The predicted octanol–water partition coefficient (Wildman–Crippen LogP) is 3.49. The van der Waals surface area contributed by atoms with Crippen LogP contribution in [-0.2, 0) is 0 Å². The van der Waals surface area contributed by atoms with Gasteiger partial charge in [0.2, 0.25) is 0 Å². The van der Waals surface area contributed by atoms with Crippen LogP contribution in [0, 0.1) is 0 Å². The SMILES string of the molecule is CCCNC(CCSC)c1ccccc1OC. The Kier molecular flexibility index (Phi) is 7.13. The van der Waals surface area contributed by atoms with Crippen LogP contribution in [0.15, 0.2) is 24.3 Å². The van der Waals surface area contributed by atoms with Gasteiger partial charge in [0.1, 0.15) is 5.75 Å². The van der Waals surface area contributed by atoms with Gasteiger partial charge in [0.25, 0.3) is 0 Å². The summed E-state index contributed by atoms with van der Waals surface area (Å²) in [5.41, 5.74) is 1.28. The van der Waals surface area contributed by atoms with Crippen LogP contribution in [0.2, 0.25) is 0 Å². The van der Waals surface area contributed by atoms with Gasteiger partial charge in [-0.3, -0.25) is 0 Å². The second-order valence-corrected chi connectivity index (χ2v) is 5.02. The molecule has 1 aromatic rings. The molecule has 1 N–H and O–H groups in total. The second-order valence-electron chi connectivity index (χ2n) is 4.03. The average molecular weight is 253 g/mol. The molecule has 0 amide bonds. The van der Waals surface area contributed by atoms with Gasteiger partial charge in [0.05, 0.1) is 7.11 Å². The lowest BCUT2D eigenvalue weighted by Gasteiger charge is -2.20. The van der Waals surface area contributed by atoms with Crippen molar-refractivity contribution in [2.45, 2.75) is 25.8 Å². The van der Waals surface area contributed by atoms with Gasteiger partial charge in [0, 0.05) is 11.6 Å². The Labute approximate surface area is 109 Å². The molecule has 1 atom stereocenters. The standard InChI is InChI=1S/C14H23NOS/c1-4-10-15-13(9-11-17-3)12-7-5-6-8-14(12)16-2/h5-8,13,15H,4,9-11H2,1-3H3. The van der Waals surface area contributed by atoms with Crippen LogP contribution in [0.3, 0.4) is 0 Å². The van der Waals surface area contributed by atoms with E-state index in [2.05, 4.69) is 30.6 Å². The van der Waals surface area contributed by atoms with Crippen molar-refractivity contribution >= 4 is 11.8 Å². The lowest BCUT2D eigenvalue weighted by molar-refractivity contribution is 0.397. The monoisotopic (exact) mass is 253 g/mol. The van der Waals surface area contributed by atoms with Crippen LogP contribution in [0.5, 0.6) is 5.75 Å². The Morgan fingerprint density at radius 2 is 2.12 bits per heavy atom. The minimum Gasteiger partial charge on any atom is -0.496 e. The third kappa shape index (κ3) is 4.60. The van der Waals surface area contributed by atoms with E-state index < -0.39 is 0 Å². The highest BCUT2D eigenvalue weighted by Gasteiger charge is 2.14. The van der Waals surface area contributed by atoms with Crippen LogP contribution >= 0.6 is 11.8 Å². The summed E-state index contributed by atoms with van der Waals surface area (Å²) in [7, 11) is 1.74. The largest absolute Gasteiger partial charge is 0.496 e. The van der Waals surface area contributed by atoms with Gasteiger partial charge in [-0.15, -0.1) is 0 Å². The van der Waals surface area contributed by atoms with Crippen molar-refractivity contribution in [3.8, 4) is 5.75 Å². The number of rotatable bonds is 8. The minimum atomic E-state index is 0.401. The zero-order chi connectivity index (χ0) is 12.5. The Bertz CT molecular complexity index is 309. The van der Waals surface area contributed by atoms with E-state index in [0.717, 1.165) is 25.1 Å². The number of hydrogen-bond donors (Lipinski definition) is 1. The van der Waals surface area contributed by atoms with E-state index in [1.807, 2.05) is 23.9 Å². The summed E-state index contributed by atoms with van der Waals surface area (Å²) in [6.45, 7) is 3.25. The van der Waals surface area contributed by atoms with Gasteiger partial charge in [-0.05, 0) is 37.5 Å². The zero-order valence-corrected chi connectivity index (χ0v) is 11.8. The van der Waals surface area contributed by atoms with Crippen LogP contribution in [0.4, 0.5) is 0 Å². The Balaban J connectivity index is 2.78. The Morgan fingerprint density at radius 1 is 1.35 bits per heavy atom. The zero-order valence-electron chi connectivity index (χ0n) is 11.0. The first kappa shape index (κ1) is 14.4. The van der Waals surface area contributed by atoms with E-state index in [1.165, 1.54) is 11.3 Å². The molecule has 0 bridgehead atoms. The molecule has 0 saturated heterocycles. The van der Waals surface area contributed by atoms with E-state index >= 15 is 0 Å². The third-order valence-electron chi connectivity index (χ3n) is 2.77. The molecule has 0 heterocycles. The van der Waals surface area contributed by atoms with E-state index in [9.17, 15) is 0 Å². The van der Waals surface area contributed by atoms with E-state index in [1.54, 1.807) is 7.11 Å². The number of benzene rings is 1. The van der Waals surface area contributed by atoms with Crippen LogP contribution in [0.25, 0.3) is 0 Å². The summed E-state index contributed by atoms with van der Waals surface area (Å²) in [5.74, 6) is 2.15. The fourth-order valence-electron chi connectivity index (χ4n) is 1.88. The van der Waals surface area contributed by atoms with Crippen molar-refractivity contribution in [3.63, 3.8) is 0 Å². The van der Waals surface area contributed by atoms with Gasteiger partial charge < -0.3 is 10.1 Å². The Morgan fingerprint density at radius 3 is 2.76 bits per heavy atom. The summed E-state index contributed by atoms with van der Waals surface area (Å²) in [6.07, 6.45) is 4.45. The number of methoxy groups -OCH3 is 1. The molecule has 0 fully saturated rings. The van der Waals surface area contributed by atoms with Gasteiger partial charge >= 0.3 is 0 Å². The van der Waals surface area contributed by atoms with Crippen LogP contribution in [0.1, 0.15) is 31.4 Å². The molecule has 0 aromatic heterocycles. The highest BCUT2D eigenvalue weighted by Crippen LogP contribution is 2.27. The molecular formula is C14H23NOS. The van der Waals surface area contributed by atoms with Gasteiger partial charge in [0.15, 0.2) is 0 Å². The van der Waals surface area contributed by atoms with Gasteiger partial charge in [-0.25, -0.2) is 0 Å². The quantitative estimate of drug-likeness (QED) is 0.766. The molecular weight excluding hydrogens is 230 g/mol. The van der Waals surface area contributed by atoms with Crippen molar-refractivity contribution in [2.24, 2.45) is 0 Å². The predicted molar refractivity (Wildman–Crippen MR) is 77.0 cm³/mol. The highest BCUT2D eigenvalue weighted by molar-refractivity contribution is 7.98.